The molecule has 0 N–H and O–H groups in total. The van der Waals surface area contributed by atoms with Gasteiger partial charge in [-0.2, -0.15) is 0 Å². The van der Waals surface area contributed by atoms with Crippen LogP contribution in [0.15, 0.2) is 54.1 Å². The number of benzene rings is 1. The molecular formula is C21H24N6S. The third kappa shape index (κ3) is 3.90. The molecule has 1 aliphatic heterocycles. The molecule has 1 saturated heterocycles. The maximum Gasteiger partial charge on any atom is 0.148 e. The Morgan fingerprint density at radius 1 is 1.00 bits per heavy atom. The predicted octanol–water partition coefficient (Wildman–Crippen LogP) is 4.08. The van der Waals surface area contributed by atoms with Gasteiger partial charge in [0.15, 0.2) is 0 Å². The number of piperidine rings is 1. The largest absolute Gasteiger partial charge is 0.355 e. The Hall–Kier alpha value is -2.41. The van der Waals surface area contributed by atoms with Crippen molar-refractivity contribution in [2.75, 3.05) is 18.0 Å². The van der Waals surface area contributed by atoms with Gasteiger partial charge in [-0.15, -0.1) is 22.0 Å². The van der Waals surface area contributed by atoms with Gasteiger partial charge in [-0.3, -0.25) is 4.98 Å². The van der Waals surface area contributed by atoms with E-state index in [4.69, 9.17) is 4.98 Å². The van der Waals surface area contributed by atoms with E-state index in [1.165, 1.54) is 24.2 Å². The van der Waals surface area contributed by atoms with Crippen molar-refractivity contribution in [3.8, 4) is 0 Å². The zero-order chi connectivity index (χ0) is 18.8. The van der Waals surface area contributed by atoms with Crippen LogP contribution in [-0.4, -0.2) is 37.8 Å². The Labute approximate surface area is 169 Å². The van der Waals surface area contributed by atoms with Gasteiger partial charge in [0.1, 0.15) is 23.0 Å². The van der Waals surface area contributed by atoms with Gasteiger partial charge in [0.2, 0.25) is 0 Å². The highest BCUT2D eigenvalue weighted by Crippen LogP contribution is 2.38. The van der Waals surface area contributed by atoms with Crippen LogP contribution in [0.5, 0.6) is 0 Å². The second-order valence-corrected chi connectivity index (χ2v) is 8.57. The Kier molecular flexibility index (Phi) is 4.99. The summed E-state index contributed by atoms with van der Waals surface area (Å²) < 4.78 is 2.31. The summed E-state index contributed by atoms with van der Waals surface area (Å²) in [6.07, 6.45) is 10.4. The summed E-state index contributed by atoms with van der Waals surface area (Å²) in [5.41, 5.74) is 1.31. The molecule has 1 aromatic carbocycles. The van der Waals surface area contributed by atoms with Gasteiger partial charge >= 0.3 is 0 Å². The smallest absolute Gasteiger partial charge is 0.148 e. The first kappa shape index (κ1) is 17.7. The predicted molar refractivity (Wildman–Crippen MR) is 111 cm³/mol. The SMILES string of the molecule is c1ccc(CSc2cncc(N3CCC(c4nncn4C4CC4)CC3)n2)cc1. The minimum Gasteiger partial charge on any atom is -0.355 e. The Morgan fingerprint density at radius 2 is 1.82 bits per heavy atom. The first-order valence-corrected chi connectivity index (χ1v) is 11.0. The Balaban J connectivity index is 1.21. The number of rotatable bonds is 6. The van der Waals surface area contributed by atoms with E-state index in [0.29, 0.717) is 12.0 Å². The third-order valence-electron chi connectivity index (χ3n) is 5.55. The normalized spacial score (nSPS) is 17.8. The van der Waals surface area contributed by atoms with Gasteiger partial charge in [-0.1, -0.05) is 30.3 Å². The summed E-state index contributed by atoms with van der Waals surface area (Å²) in [5.74, 6) is 3.58. The molecule has 2 aliphatic rings. The fourth-order valence-corrected chi connectivity index (χ4v) is 4.64. The quantitative estimate of drug-likeness (QED) is 0.589. The van der Waals surface area contributed by atoms with Crippen LogP contribution in [0, 0.1) is 0 Å². The van der Waals surface area contributed by atoms with Crippen LogP contribution < -0.4 is 4.90 Å². The average Bonchev–Trinajstić information content (AvgIpc) is 3.50. The molecule has 144 valence electrons. The fourth-order valence-electron chi connectivity index (χ4n) is 3.84. The van der Waals surface area contributed by atoms with Crippen molar-refractivity contribution in [3.05, 3.63) is 60.4 Å². The van der Waals surface area contributed by atoms with Gasteiger partial charge in [-0.05, 0) is 31.2 Å². The molecular weight excluding hydrogens is 368 g/mol. The lowest BCUT2D eigenvalue weighted by Crippen LogP contribution is -2.34. The van der Waals surface area contributed by atoms with Crippen molar-refractivity contribution in [1.82, 2.24) is 24.7 Å². The summed E-state index contributed by atoms with van der Waals surface area (Å²) in [6.45, 7) is 1.98. The van der Waals surface area contributed by atoms with Crippen molar-refractivity contribution in [2.24, 2.45) is 0 Å². The van der Waals surface area contributed by atoms with Gasteiger partial charge in [0, 0.05) is 30.8 Å². The van der Waals surface area contributed by atoms with E-state index in [9.17, 15) is 0 Å². The molecule has 5 rings (SSSR count). The molecule has 28 heavy (non-hydrogen) atoms. The van der Waals surface area contributed by atoms with Gasteiger partial charge in [0.25, 0.3) is 0 Å². The first-order chi connectivity index (χ1) is 13.9. The fraction of sp³-hybridized carbons (Fsp3) is 0.429. The summed E-state index contributed by atoms with van der Waals surface area (Å²) in [5, 5.41) is 9.58. The highest BCUT2D eigenvalue weighted by molar-refractivity contribution is 7.98. The van der Waals surface area contributed by atoms with Crippen LogP contribution >= 0.6 is 11.8 Å². The van der Waals surface area contributed by atoms with E-state index in [0.717, 1.165) is 42.5 Å². The Bertz CT molecular complexity index is 915. The molecule has 2 fully saturated rings. The molecule has 0 bridgehead atoms. The van der Waals surface area contributed by atoms with Crippen LogP contribution in [0.1, 0.15) is 49.0 Å². The van der Waals surface area contributed by atoms with Crippen molar-refractivity contribution < 1.29 is 0 Å². The summed E-state index contributed by atoms with van der Waals surface area (Å²) in [7, 11) is 0. The van der Waals surface area contributed by atoms with Crippen LogP contribution in [0.4, 0.5) is 5.82 Å². The first-order valence-electron chi connectivity index (χ1n) is 10.00. The molecule has 0 atom stereocenters. The van der Waals surface area contributed by atoms with Gasteiger partial charge in [0.05, 0.1) is 12.4 Å². The lowest BCUT2D eigenvalue weighted by molar-refractivity contribution is 0.462. The van der Waals surface area contributed by atoms with Crippen LogP contribution in [0.25, 0.3) is 0 Å². The molecule has 0 spiro atoms. The molecule has 0 amide bonds. The number of thioether (sulfide) groups is 1. The molecule has 2 aromatic heterocycles. The molecule has 1 saturated carbocycles. The third-order valence-corrected chi connectivity index (χ3v) is 6.52. The van der Waals surface area contributed by atoms with Gasteiger partial charge < -0.3 is 9.47 Å². The van der Waals surface area contributed by atoms with Crippen LogP contribution in [0.3, 0.4) is 0 Å². The highest BCUT2D eigenvalue weighted by atomic mass is 32.2. The van der Waals surface area contributed by atoms with E-state index >= 15 is 0 Å². The van der Waals surface area contributed by atoms with E-state index in [1.807, 2.05) is 24.8 Å². The minimum atomic E-state index is 0.503. The average molecular weight is 393 g/mol. The van der Waals surface area contributed by atoms with E-state index in [2.05, 4.69) is 48.9 Å². The number of hydrogen-bond acceptors (Lipinski definition) is 6. The molecule has 0 unspecified atom stereocenters. The number of hydrogen-bond donors (Lipinski definition) is 0. The molecule has 3 aromatic rings. The topological polar surface area (TPSA) is 59.7 Å². The minimum absolute atomic E-state index is 0.503. The number of aromatic nitrogens is 5. The number of nitrogens with zero attached hydrogens (tertiary/aromatic N) is 6. The zero-order valence-electron chi connectivity index (χ0n) is 15.8. The van der Waals surface area contributed by atoms with Gasteiger partial charge in [-0.25, -0.2) is 4.98 Å². The van der Waals surface area contributed by atoms with Crippen molar-refractivity contribution in [2.45, 2.75) is 48.4 Å². The molecule has 0 radical (unpaired) electrons. The lowest BCUT2D eigenvalue weighted by Gasteiger charge is -2.32. The second kappa shape index (κ2) is 7.91. The monoisotopic (exact) mass is 392 g/mol. The molecule has 1 aliphatic carbocycles. The van der Waals surface area contributed by atoms with Crippen molar-refractivity contribution >= 4 is 17.6 Å². The van der Waals surface area contributed by atoms with Crippen molar-refractivity contribution in [1.29, 1.82) is 0 Å². The molecule has 3 heterocycles. The standard InChI is InChI=1S/C21H24N6S/c1-2-4-16(5-3-1)14-28-20-13-22-12-19(24-20)26-10-8-17(9-11-26)21-25-23-15-27(21)18-6-7-18/h1-5,12-13,15,17-18H,6-11,14H2. The maximum absolute atomic E-state index is 4.85. The molecule has 6 nitrogen and oxygen atoms in total. The second-order valence-electron chi connectivity index (χ2n) is 7.58. The summed E-state index contributed by atoms with van der Waals surface area (Å²) >= 11 is 1.74. The maximum atomic E-state index is 4.85. The summed E-state index contributed by atoms with van der Waals surface area (Å²) in [4.78, 5) is 11.6. The summed E-state index contributed by atoms with van der Waals surface area (Å²) in [6, 6.07) is 11.1. The lowest BCUT2D eigenvalue weighted by atomic mass is 9.96. The zero-order valence-corrected chi connectivity index (χ0v) is 16.6. The van der Waals surface area contributed by atoms with E-state index < -0.39 is 0 Å². The van der Waals surface area contributed by atoms with E-state index in [1.54, 1.807) is 11.8 Å². The van der Waals surface area contributed by atoms with Crippen LogP contribution in [0.2, 0.25) is 0 Å². The molecule has 7 heteroatoms. The highest BCUT2D eigenvalue weighted by Gasteiger charge is 2.31. The van der Waals surface area contributed by atoms with Crippen LogP contribution in [-0.2, 0) is 5.75 Å². The number of anilines is 1. The Morgan fingerprint density at radius 3 is 2.61 bits per heavy atom. The van der Waals surface area contributed by atoms with E-state index in [-0.39, 0.29) is 0 Å². The van der Waals surface area contributed by atoms with Crippen molar-refractivity contribution in [3.63, 3.8) is 0 Å².